The van der Waals surface area contributed by atoms with Crippen molar-refractivity contribution in [2.75, 3.05) is 71.2 Å². The van der Waals surface area contributed by atoms with Crippen molar-refractivity contribution in [3.05, 3.63) is 0 Å². The maximum absolute atomic E-state index is 15.0. The number of nitrogens with zero attached hydrogens (tertiary/aromatic N) is 1. The highest BCUT2D eigenvalue weighted by atomic mass is 32.2. The Kier molecular flexibility index (Phi) is 49.7. The summed E-state index contributed by atoms with van der Waals surface area (Å²) in [5.41, 5.74) is 50.2. The summed E-state index contributed by atoms with van der Waals surface area (Å²) in [6, 6.07) is -14.0. The first-order chi connectivity index (χ1) is 55.1. The number of amides is 14. The van der Waals surface area contributed by atoms with E-state index in [1.165, 1.54) is 6.92 Å². The molecule has 0 aliphatic carbocycles. The Morgan fingerprint density at radius 1 is 0.359 bits per heavy atom. The van der Waals surface area contributed by atoms with Crippen LogP contribution in [0.5, 0.6) is 0 Å². The Morgan fingerprint density at radius 2 is 0.624 bits per heavy atom. The molecule has 51 heteroatoms. The van der Waals surface area contributed by atoms with E-state index in [2.05, 4.69) is 95.7 Å². The molecule has 0 aromatic heterocycles. The van der Waals surface area contributed by atoms with E-state index in [1.807, 2.05) is 0 Å². The molecule has 1 aliphatic rings. The van der Waals surface area contributed by atoms with E-state index in [4.69, 9.17) is 94.9 Å². The normalized spacial score (nSPS) is 14.4. The SMILES string of the molecule is CC(=O)NCCN1C(=O)CC(SC[C@@H](NC(=O)[C@@H](CCCCC(=N)N)NC(=O)[C@@H](CCCNC(=N)N)NC(=O)[C@@H](CCCNC(=N)N)NC(=O)[C@@H](CCCNC(=N)N)NC(=O)[C@@H](CCCNC(=N)N)NC(=O)[C@@H](CCCNC(=N)N)NC(=O)[C@@H](CCCNC(=N)N)NC(=O)[C@@H](CCCNC(=N)N)NC(=O)CNC(=O)C(C)C)C(N)=O)C1=O. The van der Waals surface area contributed by atoms with Gasteiger partial charge in [-0.1, -0.05) is 20.3 Å². The van der Waals surface area contributed by atoms with Crippen LogP contribution in [0.15, 0.2) is 0 Å². The number of carbonyl (C=O) groups excluding carboxylic acids is 14. The van der Waals surface area contributed by atoms with Crippen LogP contribution in [0.4, 0.5) is 0 Å². The van der Waals surface area contributed by atoms with Crippen molar-refractivity contribution in [2.45, 2.75) is 202 Å². The van der Waals surface area contributed by atoms with Crippen molar-refractivity contribution < 1.29 is 67.1 Å². The largest absolute Gasteiger partial charge is 0.388 e. The molecule has 0 aromatic rings. The van der Waals surface area contributed by atoms with Crippen LogP contribution in [-0.4, -0.2) is 266 Å². The number of hydrogen-bond donors (Lipinski definition) is 35. The molecule has 658 valence electrons. The molecular weight excluding hydrogens is 1550 g/mol. The third-order valence-electron chi connectivity index (χ3n) is 17.2. The summed E-state index contributed by atoms with van der Waals surface area (Å²) in [6.07, 6.45) is -1.44. The third-order valence-corrected chi connectivity index (χ3v) is 18.4. The Labute approximate surface area is 681 Å². The number of primary amides is 1. The summed E-state index contributed by atoms with van der Waals surface area (Å²) in [6.45, 7) is 3.61. The molecule has 44 N–H and O–H groups in total. The smallest absolute Gasteiger partial charge is 0.243 e. The predicted octanol–water partition coefficient (Wildman–Crippen LogP) is -11.1. The number of hydrogen-bond acceptors (Lipinski definition) is 23. The molecular formula is C66H124N36O14S. The van der Waals surface area contributed by atoms with Gasteiger partial charge in [-0.15, -0.1) is 11.8 Å². The number of nitrogens with two attached hydrogens (primary N) is 9. The first kappa shape index (κ1) is 102. The van der Waals surface area contributed by atoms with Crippen molar-refractivity contribution in [3.8, 4) is 0 Å². The van der Waals surface area contributed by atoms with Crippen LogP contribution in [0.25, 0.3) is 0 Å². The van der Waals surface area contributed by atoms with Crippen molar-refractivity contribution in [2.24, 2.45) is 57.5 Å². The summed E-state index contributed by atoms with van der Waals surface area (Å²) in [7, 11) is 0. The minimum Gasteiger partial charge on any atom is -0.388 e. The van der Waals surface area contributed by atoms with Crippen LogP contribution in [0.3, 0.4) is 0 Å². The van der Waals surface area contributed by atoms with E-state index in [0.717, 1.165) is 16.7 Å². The topological polar surface area (TPSA) is 884 Å². The van der Waals surface area contributed by atoms with Crippen LogP contribution >= 0.6 is 11.8 Å². The molecule has 0 aromatic carbocycles. The van der Waals surface area contributed by atoms with Gasteiger partial charge in [0.05, 0.1) is 17.6 Å². The molecule has 1 saturated heterocycles. The number of imide groups is 1. The zero-order chi connectivity index (χ0) is 88.3. The fourth-order valence-electron chi connectivity index (χ4n) is 11.1. The van der Waals surface area contributed by atoms with Crippen molar-refractivity contribution >= 4 is 142 Å². The lowest BCUT2D eigenvalue weighted by molar-refractivity contribution is -0.138. The summed E-state index contributed by atoms with van der Waals surface area (Å²) < 4.78 is 0. The van der Waals surface area contributed by atoms with Gasteiger partial charge in [0.15, 0.2) is 41.7 Å². The molecule has 1 heterocycles. The van der Waals surface area contributed by atoms with Crippen LogP contribution < -0.4 is 147 Å². The zero-order valence-electron chi connectivity index (χ0n) is 66.3. The first-order valence-electron chi connectivity index (χ1n) is 38.0. The Hall–Kier alpha value is -12.5. The maximum atomic E-state index is 15.0. The second kappa shape index (κ2) is 56.7. The number of likely N-dealkylation sites (tertiary alicyclic amines) is 1. The van der Waals surface area contributed by atoms with Gasteiger partial charge in [0.25, 0.3) is 0 Å². The molecule has 1 fully saturated rings. The third kappa shape index (κ3) is 46.4. The standard InChI is InChI=1S/C66H124N36O14S/c1-34(2)50(107)92-32-47(104)93-36(14-6-22-85-60(70)71)51(108)95-38(15-7-23-86-61(72)73)53(110)97-40(17-9-25-88-63(76)77)55(112)99-42(19-11-27-90-65(80)81)57(114)100-43(20-12-28-91-66(82)83)56(113)98-41(18-10-26-89-64(78)79)54(111)96-39(16-8-24-87-62(74)75)52(109)94-37(13-4-5-21-46(67)68)58(115)101-44(49(69)106)33-117-45-31-48(105)102(59(45)116)30-29-84-35(3)103/h34,36-45H,4-33H2,1-3H3,(H3,67,68)(H2,69,106)(H,84,103)(H,92,107)(H,93,104)(H,94,109)(H,95,108)(H,96,111)(H,97,110)(H,98,113)(H,99,112)(H,100,114)(H,101,115)(H4,70,71,85)(H4,72,73,86)(H4,74,75,87)(H4,76,77,88)(H4,78,79,89)(H4,80,81,90)(H4,82,83,91)/t36-,37-,38-,39-,40-,41-,42-,43-,44-,45?/m1/s1. The number of carbonyl (C=O) groups is 14. The number of unbranched alkanes of at least 4 members (excludes halogenated alkanes) is 1. The fraction of sp³-hybridized carbons (Fsp3) is 0.667. The quantitative estimate of drug-likeness (QED) is 0.0116. The number of nitrogens with one attached hydrogen (secondary N) is 26. The second-order valence-electron chi connectivity index (χ2n) is 27.4. The Balaban J connectivity index is 4.04. The van der Waals surface area contributed by atoms with E-state index >= 15 is 0 Å². The summed E-state index contributed by atoms with van der Waals surface area (Å²) in [4.78, 5) is 195. The van der Waals surface area contributed by atoms with Crippen molar-refractivity contribution in [1.29, 1.82) is 43.3 Å². The summed E-state index contributed by atoms with van der Waals surface area (Å²) in [5, 5.41) is 107. The molecule has 14 amide bonds. The van der Waals surface area contributed by atoms with Gasteiger partial charge in [-0.05, 0) is 103 Å². The average Bonchev–Trinajstić information content (AvgIpc) is 1.72. The lowest BCUT2D eigenvalue weighted by Crippen LogP contribution is -2.60. The van der Waals surface area contributed by atoms with Gasteiger partial charge in [0, 0.05) is 90.3 Å². The van der Waals surface area contributed by atoms with Gasteiger partial charge in [-0.25, -0.2) is 0 Å². The van der Waals surface area contributed by atoms with Crippen LogP contribution in [-0.2, 0) is 67.1 Å². The Morgan fingerprint density at radius 3 is 0.872 bits per heavy atom. The van der Waals surface area contributed by atoms with Gasteiger partial charge in [-0.2, -0.15) is 0 Å². The molecule has 10 atom stereocenters. The highest BCUT2D eigenvalue weighted by Crippen LogP contribution is 2.26. The molecule has 1 rings (SSSR count). The molecule has 1 unspecified atom stereocenters. The van der Waals surface area contributed by atoms with Crippen molar-refractivity contribution in [1.82, 2.24) is 101 Å². The lowest BCUT2D eigenvalue weighted by atomic mass is 10.0. The molecule has 1 aliphatic heterocycles. The molecule has 0 radical (unpaired) electrons. The van der Waals surface area contributed by atoms with E-state index in [1.54, 1.807) is 13.8 Å². The average molecular weight is 1680 g/mol. The highest BCUT2D eigenvalue weighted by Gasteiger charge is 2.41. The van der Waals surface area contributed by atoms with Gasteiger partial charge in [0.1, 0.15) is 54.4 Å². The van der Waals surface area contributed by atoms with Gasteiger partial charge < -0.3 is 147 Å². The maximum Gasteiger partial charge on any atom is 0.243 e. The molecule has 0 spiro atoms. The second-order valence-corrected chi connectivity index (χ2v) is 28.7. The van der Waals surface area contributed by atoms with E-state index in [-0.39, 0.29) is 204 Å². The molecule has 117 heavy (non-hydrogen) atoms. The molecule has 0 saturated carbocycles. The van der Waals surface area contributed by atoms with Crippen LogP contribution in [0.2, 0.25) is 0 Å². The summed E-state index contributed by atoms with van der Waals surface area (Å²) in [5.74, 6) is -15.9. The highest BCUT2D eigenvalue weighted by molar-refractivity contribution is 8.00. The molecule has 50 nitrogen and oxygen atoms in total. The van der Waals surface area contributed by atoms with Gasteiger partial charge in [-0.3, -0.25) is 115 Å². The Bertz CT molecular complexity index is 3440. The van der Waals surface area contributed by atoms with Gasteiger partial charge in [0.2, 0.25) is 82.7 Å². The number of thioether (sulfide) groups is 1. The van der Waals surface area contributed by atoms with E-state index < -0.39 is 185 Å². The predicted molar refractivity (Wildman–Crippen MR) is 435 cm³/mol. The van der Waals surface area contributed by atoms with E-state index in [0.29, 0.717) is 0 Å². The van der Waals surface area contributed by atoms with Crippen LogP contribution in [0, 0.1) is 49.2 Å². The van der Waals surface area contributed by atoms with E-state index in [9.17, 15) is 67.1 Å². The first-order valence-corrected chi connectivity index (χ1v) is 39.0. The van der Waals surface area contributed by atoms with Crippen molar-refractivity contribution in [3.63, 3.8) is 0 Å². The summed E-state index contributed by atoms with van der Waals surface area (Å²) >= 11 is 0.854. The fourth-order valence-corrected chi connectivity index (χ4v) is 12.3. The number of rotatable bonds is 60. The number of amidine groups is 1. The zero-order valence-corrected chi connectivity index (χ0v) is 67.1. The molecule has 0 bridgehead atoms. The number of guanidine groups is 7. The lowest BCUT2D eigenvalue weighted by Gasteiger charge is -2.29. The minimum atomic E-state index is -1.64. The minimum absolute atomic E-state index is 0.00386. The van der Waals surface area contributed by atoms with Gasteiger partial charge >= 0.3 is 0 Å². The van der Waals surface area contributed by atoms with Crippen LogP contribution in [0.1, 0.15) is 143 Å². The monoisotopic (exact) mass is 1680 g/mol.